The molecule has 1 atom stereocenters. The van der Waals surface area contributed by atoms with E-state index in [9.17, 15) is 13.2 Å². The second-order valence-electron chi connectivity index (χ2n) is 5.05. The van der Waals surface area contributed by atoms with Crippen LogP contribution >= 0.6 is 22.9 Å². The highest BCUT2D eigenvalue weighted by atomic mass is 35.5. The van der Waals surface area contributed by atoms with E-state index in [0.717, 1.165) is 23.2 Å². The van der Waals surface area contributed by atoms with E-state index in [1.165, 1.54) is 0 Å². The maximum Gasteiger partial charge on any atom is 0.263 e. The van der Waals surface area contributed by atoms with E-state index in [1.807, 2.05) is 19.1 Å². The van der Waals surface area contributed by atoms with Gasteiger partial charge in [0.15, 0.2) is 5.13 Å². The first-order valence-corrected chi connectivity index (χ1v) is 9.76. The van der Waals surface area contributed by atoms with Crippen LogP contribution in [0.4, 0.5) is 5.13 Å². The number of hydrogen-bond acceptors (Lipinski definition) is 5. The molecular formula is C14H16ClN3O3S2. The minimum atomic E-state index is -3.42. The number of aryl methyl sites for hydroxylation is 1. The van der Waals surface area contributed by atoms with Gasteiger partial charge in [0, 0.05) is 5.02 Å². The average molecular weight is 374 g/mol. The van der Waals surface area contributed by atoms with E-state index in [2.05, 4.69) is 15.0 Å². The molecule has 1 aromatic carbocycles. The fourth-order valence-corrected chi connectivity index (χ4v) is 3.74. The minimum absolute atomic E-state index is 0.175. The molecule has 124 valence electrons. The predicted octanol–water partition coefficient (Wildman–Crippen LogP) is 2.97. The number of carbonyl (C=O) groups is 1. The molecule has 0 radical (unpaired) electrons. The van der Waals surface area contributed by atoms with Gasteiger partial charge in [0.25, 0.3) is 5.91 Å². The van der Waals surface area contributed by atoms with Crippen molar-refractivity contribution < 1.29 is 13.2 Å². The number of benzene rings is 1. The van der Waals surface area contributed by atoms with Crippen LogP contribution in [0.1, 0.15) is 33.9 Å². The van der Waals surface area contributed by atoms with Crippen molar-refractivity contribution >= 4 is 44.0 Å². The largest absolute Gasteiger partial charge is 0.345 e. The molecule has 9 heteroatoms. The summed E-state index contributed by atoms with van der Waals surface area (Å²) in [5, 5.41) is 3.66. The molecule has 1 aromatic heterocycles. The minimum Gasteiger partial charge on any atom is -0.345 e. The molecule has 1 amide bonds. The van der Waals surface area contributed by atoms with Gasteiger partial charge in [0.2, 0.25) is 10.0 Å². The quantitative estimate of drug-likeness (QED) is 0.843. The summed E-state index contributed by atoms with van der Waals surface area (Å²) < 4.78 is 24.7. The molecule has 6 nitrogen and oxygen atoms in total. The Morgan fingerprint density at radius 3 is 2.48 bits per heavy atom. The molecule has 1 heterocycles. The Hall–Kier alpha value is -1.64. The van der Waals surface area contributed by atoms with Crippen LogP contribution in [0.5, 0.6) is 0 Å². The molecule has 23 heavy (non-hydrogen) atoms. The molecule has 2 aromatic rings. The third-order valence-corrected chi connectivity index (χ3v) is 5.01. The number of aromatic nitrogens is 1. The zero-order valence-electron chi connectivity index (χ0n) is 12.8. The summed E-state index contributed by atoms with van der Waals surface area (Å²) >= 11 is 6.84. The van der Waals surface area contributed by atoms with Gasteiger partial charge >= 0.3 is 0 Å². The first-order valence-electron chi connectivity index (χ1n) is 6.67. The van der Waals surface area contributed by atoms with Crippen LogP contribution < -0.4 is 10.0 Å². The van der Waals surface area contributed by atoms with Crippen LogP contribution in [0.3, 0.4) is 0 Å². The number of carbonyl (C=O) groups excluding carboxylic acids is 1. The number of halogens is 1. The molecule has 0 fully saturated rings. The summed E-state index contributed by atoms with van der Waals surface area (Å²) in [5.74, 6) is -0.302. The van der Waals surface area contributed by atoms with Gasteiger partial charge in [-0.1, -0.05) is 35.1 Å². The van der Waals surface area contributed by atoms with Crippen molar-refractivity contribution in [2.75, 3.05) is 11.0 Å². The zero-order valence-corrected chi connectivity index (χ0v) is 15.1. The smallest absolute Gasteiger partial charge is 0.263 e. The molecule has 0 aliphatic heterocycles. The van der Waals surface area contributed by atoms with Gasteiger partial charge in [-0.2, -0.15) is 0 Å². The third kappa shape index (κ3) is 4.92. The monoisotopic (exact) mass is 373 g/mol. The highest BCUT2D eigenvalue weighted by Crippen LogP contribution is 2.24. The highest BCUT2D eigenvalue weighted by Gasteiger charge is 2.19. The van der Waals surface area contributed by atoms with Gasteiger partial charge in [-0.15, -0.1) is 0 Å². The molecule has 0 saturated heterocycles. The maximum atomic E-state index is 12.4. The topological polar surface area (TPSA) is 88.2 Å². The molecule has 0 spiro atoms. The predicted molar refractivity (Wildman–Crippen MR) is 92.7 cm³/mol. The van der Waals surface area contributed by atoms with Crippen molar-refractivity contribution in [1.29, 1.82) is 0 Å². The molecule has 0 aliphatic rings. The van der Waals surface area contributed by atoms with Crippen LogP contribution in [-0.2, 0) is 10.0 Å². The summed E-state index contributed by atoms with van der Waals surface area (Å²) in [4.78, 5) is 16.8. The summed E-state index contributed by atoms with van der Waals surface area (Å²) in [7, 11) is -3.42. The molecule has 0 saturated carbocycles. The lowest BCUT2D eigenvalue weighted by molar-refractivity contribution is 0.0943. The fourth-order valence-electron chi connectivity index (χ4n) is 1.91. The van der Waals surface area contributed by atoms with Gasteiger partial charge in [-0.3, -0.25) is 9.52 Å². The van der Waals surface area contributed by atoms with Crippen molar-refractivity contribution in [3.8, 4) is 0 Å². The Bertz CT molecular complexity index is 816. The van der Waals surface area contributed by atoms with E-state index in [-0.39, 0.29) is 17.1 Å². The molecule has 2 N–H and O–H groups in total. The lowest BCUT2D eigenvalue weighted by atomic mass is 10.1. The van der Waals surface area contributed by atoms with Crippen molar-refractivity contribution in [2.45, 2.75) is 19.9 Å². The number of hydrogen-bond donors (Lipinski definition) is 2. The number of sulfonamides is 1. The first-order chi connectivity index (χ1) is 10.7. The number of rotatable bonds is 5. The second-order valence-corrected chi connectivity index (χ2v) is 8.24. The number of amides is 1. The Kier molecular flexibility index (Phi) is 5.28. The molecule has 2 rings (SSSR count). The van der Waals surface area contributed by atoms with Crippen molar-refractivity contribution in [3.05, 3.63) is 45.4 Å². The van der Waals surface area contributed by atoms with E-state index in [4.69, 9.17) is 11.6 Å². The Morgan fingerprint density at radius 2 is 1.91 bits per heavy atom. The standard InChI is InChI=1S/C14H16ClN3O3S2/c1-8(10-4-6-11(15)7-5-10)16-13(19)12-9(2)17-14(22-12)18-23(3,20)21/h4-8H,1-3H3,(H,16,19)(H,17,18). The number of thiazole rings is 1. The Balaban J connectivity index is 2.13. The Morgan fingerprint density at radius 1 is 1.30 bits per heavy atom. The van der Waals surface area contributed by atoms with Crippen LogP contribution in [0.25, 0.3) is 0 Å². The number of nitrogens with one attached hydrogen (secondary N) is 2. The van der Waals surface area contributed by atoms with Gasteiger partial charge in [0.05, 0.1) is 18.0 Å². The number of anilines is 1. The van der Waals surface area contributed by atoms with E-state index >= 15 is 0 Å². The third-order valence-electron chi connectivity index (χ3n) is 2.99. The van der Waals surface area contributed by atoms with Gasteiger partial charge in [-0.25, -0.2) is 13.4 Å². The van der Waals surface area contributed by atoms with Crippen molar-refractivity contribution in [1.82, 2.24) is 10.3 Å². The zero-order chi connectivity index (χ0) is 17.2. The van der Waals surface area contributed by atoms with Crippen molar-refractivity contribution in [2.24, 2.45) is 0 Å². The SMILES string of the molecule is Cc1nc(NS(C)(=O)=O)sc1C(=O)NC(C)c1ccc(Cl)cc1. The lowest BCUT2D eigenvalue weighted by Gasteiger charge is -2.13. The Labute approximate surface area is 143 Å². The van der Waals surface area contributed by atoms with Gasteiger partial charge < -0.3 is 5.32 Å². The summed E-state index contributed by atoms with van der Waals surface area (Å²) in [5.41, 5.74) is 1.39. The molecule has 0 bridgehead atoms. The van der Waals surface area contributed by atoms with Crippen molar-refractivity contribution in [3.63, 3.8) is 0 Å². The van der Waals surface area contributed by atoms with E-state index < -0.39 is 10.0 Å². The van der Waals surface area contributed by atoms with Crippen LogP contribution in [0.2, 0.25) is 5.02 Å². The molecule has 1 unspecified atom stereocenters. The number of nitrogens with zero attached hydrogens (tertiary/aromatic N) is 1. The fraction of sp³-hybridized carbons (Fsp3) is 0.286. The van der Waals surface area contributed by atoms with Crippen LogP contribution in [0.15, 0.2) is 24.3 Å². The van der Waals surface area contributed by atoms with Crippen LogP contribution in [-0.4, -0.2) is 25.6 Å². The van der Waals surface area contributed by atoms with Gasteiger partial charge in [0.1, 0.15) is 4.88 Å². The second kappa shape index (κ2) is 6.86. The van der Waals surface area contributed by atoms with Gasteiger partial charge in [-0.05, 0) is 31.5 Å². The van der Waals surface area contributed by atoms with E-state index in [1.54, 1.807) is 19.1 Å². The highest BCUT2D eigenvalue weighted by molar-refractivity contribution is 7.92. The van der Waals surface area contributed by atoms with E-state index in [0.29, 0.717) is 15.6 Å². The average Bonchev–Trinajstić information content (AvgIpc) is 2.77. The lowest BCUT2D eigenvalue weighted by Crippen LogP contribution is -2.26. The normalized spacial score (nSPS) is 12.7. The summed E-state index contributed by atoms with van der Waals surface area (Å²) in [6.07, 6.45) is 1.03. The molecular weight excluding hydrogens is 358 g/mol. The summed E-state index contributed by atoms with van der Waals surface area (Å²) in [6, 6.07) is 6.97. The first kappa shape index (κ1) is 17.7. The van der Waals surface area contributed by atoms with Crippen LogP contribution in [0, 0.1) is 6.92 Å². The maximum absolute atomic E-state index is 12.4. The summed E-state index contributed by atoms with van der Waals surface area (Å²) in [6.45, 7) is 3.51. The molecule has 0 aliphatic carbocycles.